The maximum absolute atomic E-state index is 12.3. The third kappa shape index (κ3) is 38.6. The molecule has 0 aliphatic heterocycles. The summed E-state index contributed by atoms with van der Waals surface area (Å²) in [7, 11) is -4.76. The van der Waals surface area contributed by atoms with Crippen LogP contribution in [0.4, 0.5) is 0 Å². The molecule has 0 rings (SSSR count). The molecule has 0 saturated heterocycles. The number of hydrogen-bond acceptors (Lipinski definition) is 8. The first-order valence-electron chi connectivity index (χ1n) is 21.9. The van der Waals surface area contributed by atoms with Crippen LogP contribution in [-0.4, -0.2) is 64.9 Å². The summed E-state index contributed by atoms with van der Waals surface area (Å²) in [5.74, 6) is -2.38. The molecule has 0 aromatic heterocycles. The average molecular weight is 802 g/mol. The quantitative estimate of drug-likeness (QED) is 0.0202. The number of aliphatic hydroxyl groups is 1. The predicted octanol–water partition coefficient (Wildman–Crippen LogP) is 11.1. The number of carbonyl (C=O) groups excluding carboxylic acids is 2. The van der Waals surface area contributed by atoms with Crippen LogP contribution >= 0.6 is 7.82 Å². The Balaban J connectivity index is 3.92. The molecule has 322 valence electrons. The van der Waals surface area contributed by atoms with Crippen LogP contribution in [0.15, 0.2) is 24.3 Å². The van der Waals surface area contributed by atoms with Gasteiger partial charge in [-0.2, -0.15) is 0 Å². The molecule has 4 N–H and O–H groups in total. The molecule has 0 heterocycles. The van der Waals surface area contributed by atoms with Crippen LogP contribution in [0.1, 0.15) is 200 Å². The van der Waals surface area contributed by atoms with Crippen LogP contribution in [-0.2, 0) is 32.7 Å². The molecule has 1 amide bonds. The molecule has 12 heteroatoms. The van der Waals surface area contributed by atoms with Gasteiger partial charge in [0, 0.05) is 12.8 Å². The standard InChI is InChI=1S/C43H80NO10P/c1-3-5-7-9-11-13-15-17-19-21-22-24-26-28-30-32-34-41(46)44-40(43(48)49)38-54-55(50,51)53-37-39(45)36-52-42(47)35-33-31-29-27-25-23-20-18-16-14-12-10-8-6-4-2/h13,15,19,21,39-40,45H,3-12,14,16-18,20,22-38H2,1-2H3,(H,44,46)(H,48,49)(H,50,51)/b15-13-,21-19-. The molecule has 0 spiro atoms. The molecule has 0 radical (unpaired) electrons. The van der Waals surface area contributed by atoms with E-state index >= 15 is 0 Å². The highest BCUT2D eigenvalue weighted by molar-refractivity contribution is 7.47. The molecule has 0 fully saturated rings. The molecular weight excluding hydrogens is 721 g/mol. The normalized spacial score (nSPS) is 14.0. The fourth-order valence-electron chi connectivity index (χ4n) is 6.05. The number of aliphatic carboxylic acids is 1. The van der Waals surface area contributed by atoms with E-state index in [2.05, 4.69) is 43.5 Å². The summed E-state index contributed by atoms with van der Waals surface area (Å²) in [6, 6.07) is -1.55. The Morgan fingerprint density at radius 3 is 1.49 bits per heavy atom. The van der Waals surface area contributed by atoms with Gasteiger partial charge in [-0.25, -0.2) is 9.36 Å². The van der Waals surface area contributed by atoms with Crippen LogP contribution in [0.2, 0.25) is 0 Å². The summed E-state index contributed by atoms with van der Waals surface area (Å²) >= 11 is 0. The first kappa shape index (κ1) is 53.0. The molecule has 0 aliphatic rings. The van der Waals surface area contributed by atoms with Crippen LogP contribution in [0.5, 0.6) is 0 Å². The molecular formula is C43H80NO10P. The second kappa shape index (κ2) is 38.8. The summed E-state index contributed by atoms with van der Waals surface area (Å²) in [6.45, 7) is 2.57. The van der Waals surface area contributed by atoms with Gasteiger partial charge in [-0.05, 0) is 44.9 Å². The maximum Gasteiger partial charge on any atom is 0.472 e. The van der Waals surface area contributed by atoms with Gasteiger partial charge in [0.25, 0.3) is 0 Å². The van der Waals surface area contributed by atoms with E-state index in [9.17, 15) is 34.1 Å². The summed E-state index contributed by atoms with van der Waals surface area (Å²) in [5, 5.41) is 21.8. The van der Waals surface area contributed by atoms with Crippen molar-refractivity contribution < 1.29 is 47.8 Å². The van der Waals surface area contributed by atoms with Crippen molar-refractivity contribution in [3.05, 3.63) is 24.3 Å². The number of nitrogens with one attached hydrogen (secondary N) is 1. The van der Waals surface area contributed by atoms with E-state index in [1.807, 2.05) is 0 Å². The largest absolute Gasteiger partial charge is 0.480 e. The molecule has 0 aromatic carbocycles. The number of ether oxygens (including phenoxy) is 1. The van der Waals surface area contributed by atoms with Crippen molar-refractivity contribution in [1.82, 2.24) is 5.32 Å². The zero-order valence-corrected chi connectivity index (χ0v) is 35.6. The van der Waals surface area contributed by atoms with Crippen molar-refractivity contribution >= 4 is 25.7 Å². The van der Waals surface area contributed by atoms with E-state index in [4.69, 9.17) is 13.8 Å². The Bertz CT molecular complexity index is 1040. The molecule has 55 heavy (non-hydrogen) atoms. The maximum atomic E-state index is 12.3. The first-order valence-corrected chi connectivity index (χ1v) is 23.4. The Kier molecular flexibility index (Phi) is 37.4. The molecule has 0 saturated carbocycles. The van der Waals surface area contributed by atoms with Gasteiger partial charge in [0.05, 0.1) is 13.2 Å². The lowest BCUT2D eigenvalue weighted by molar-refractivity contribution is -0.147. The van der Waals surface area contributed by atoms with E-state index < -0.39 is 57.6 Å². The van der Waals surface area contributed by atoms with Gasteiger partial charge in [0.1, 0.15) is 12.7 Å². The van der Waals surface area contributed by atoms with E-state index in [0.29, 0.717) is 12.8 Å². The summed E-state index contributed by atoms with van der Waals surface area (Å²) < 4.78 is 26.8. The minimum absolute atomic E-state index is 0.131. The SMILES string of the molecule is CCCCCC/C=C\C/C=C\CCCCCCCC(=O)NC(COP(=O)(O)OCC(O)COC(=O)CCCCCCCCCCCCCCCCC)C(=O)O. The Hall–Kier alpha value is -2.04. The molecule has 3 atom stereocenters. The lowest BCUT2D eigenvalue weighted by Crippen LogP contribution is -2.43. The fraction of sp³-hybridized carbons (Fsp3) is 0.837. The van der Waals surface area contributed by atoms with Gasteiger partial charge < -0.3 is 25.2 Å². The van der Waals surface area contributed by atoms with Crippen molar-refractivity contribution in [2.45, 2.75) is 212 Å². The second-order valence-electron chi connectivity index (χ2n) is 14.9. The lowest BCUT2D eigenvalue weighted by Gasteiger charge is -2.18. The smallest absolute Gasteiger partial charge is 0.472 e. The zero-order valence-electron chi connectivity index (χ0n) is 34.7. The summed E-state index contributed by atoms with van der Waals surface area (Å²) in [5.41, 5.74) is 0. The van der Waals surface area contributed by atoms with E-state index in [1.54, 1.807) is 0 Å². The van der Waals surface area contributed by atoms with Crippen molar-refractivity contribution in [3.63, 3.8) is 0 Å². The van der Waals surface area contributed by atoms with Gasteiger partial charge in [0.15, 0.2) is 6.04 Å². The van der Waals surface area contributed by atoms with Crippen LogP contribution in [0.3, 0.4) is 0 Å². The van der Waals surface area contributed by atoms with Crippen LogP contribution in [0, 0.1) is 0 Å². The third-order valence-corrected chi connectivity index (χ3v) is 10.4. The number of carboxylic acids is 1. The number of unbranched alkanes of at least 4 members (excludes halogenated alkanes) is 23. The minimum atomic E-state index is -4.76. The molecule has 0 aliphatic carbocycles. The minimum Gasteiger partial charge on any atom is -0.480 e. The number of rotatable bonds is 41. The number of esters is 1. The number of phosphoric acid groups is 1. The number of amides is 1. The lowest BCUT2D eigenvalue weighted by atomic mass is 10.0. The number of phosphoric ester groups is 1. The molecule has 11 nitrogen and oxygen atoms in total. The van der Waals surface area contributed by atoms with E-state index in [-0.39, 0.29) is 12.8 Å². The van der Waals surface area contributed by atoms with Crippen molar-refractivity contribution in [2.75, 3.05) is 19.8 Å². The zero-order chi connectivity index (χ0) is 40.7. The average Bonchev–Trinajstić information content (AvgIpc) is 3.16. The van der Waals surface area contributed by atoms with Gasteiger partial charge in [-0.1, -0.05) is 167 Å². The van der Waals surface area contributed by atoms with Crippen molar-refractivity contribution in [1.29, 1.82) is 0 Å². The van der Waals surface area contributed by atoms with Crippen molar-refractivity contribution in [2.24, 2.45) is 0 Å². The molecule has 3 unspecified atom stereocenters. The Morgan fingerprint density at radius 1 is 0.582 bits per heavy atom. The van der Waals surface area contributed by atoms with Gasteiger partial charge in [-0.15, -0.1) is 0 Å². The fourth-order valence-corrected chi connectivity index (χ4v) is 6.82. The summed E-state index contributed by atoms with van der Waals surface area (Å²) in [6.07, 6.45) is 39.1. The topological polar surface area (TPSA) is 169 Å². The van der Waals surface area contributed by atoms with Crippen LogP contribution in [0.25, 0.3) is 0 Å². The number of carbonyl (C=O) groups is 3. The monoisotopic (exact) mass is 802 g/mol. The third-order valence-electron chi connectivity index (χ3n) is 9.49. The first-order chi connectivity index (χ1) is 26.6. The van der Waals surface area contributed by atoms with Gasteiger partial charge in [0.2, 0.25) is 5.91 Å². The Morgan fingerprint density at radius 2 is 1.00 bits per heavy atom. The highest BCUT2D eigenvalue weighted by Gasteiger charge is 2.28. The molecule has 0 bridgehead atoms. The van der Waals surface area contributed by atoms with Gasteiger partial charge in [-0.3, -0.25) is 18.6 Å². The number of carboxylic acid groups (broad SMARTS) is 1. The molecule has 0 aromatic rings. The number of allylic oxidation sites excluding steroid dienone is 4. The number of hydrogen-bond donors (Lipinski definition) is 4. The summed E-state index contributed by atoms with van der Waals surface area (Å²) in [4.78, 5) is 45.9. The predicted molar refractivity (Wildman–Crippen MR) is 222 cm³/mol. The number of aliphatic hydroxyl groups excluding tert-OH is 1. The van der Waals surface area contributed by atoms with E-state index in [1.165, 1.54) is 96.3 Å². The Labute approximate surface area is 334 Å². The highest BCUT2D eigenvalue weighted by atomic mass is 31.2. The van der Waals surface area contributed by atoms with E-state index in [0.717, 1.165) is 64.2 Å². The van der Waals surface area contributed by atoms with Crippen molar-refractivity contribution in [3.8, 4) is 0 Å². The van der Waals surface area contributed by atoms with Gasteiger partial charge >= 0.3 is 19.8 Å². The highest BCUT2D eigenvalue weighted by Crippen LogP contribution is 2.43. The van der Waals surface area contributed by atoms with Crippen LogP contribution < -0.4 is 5.32 Å². The second-order valence-corrected chi connectivity index (χ2v) is 16.3.